The molecule has 0 bridgehead atoms. The Kier molecular flexibility index (Phi) is 3.31. The molecule has 6 nitrogen and oxygen atoms in total. The Hall–Kier alpha value is -1.73. The maximum atomic E-state index is 5.79. The largest absolute Gasteiger partial charge is 0.378 e. The number of rotatable bonds is 2. The maximum Gasteiger partial charge on any atom is 0.230 e. The van der Waals surface area contributed by atoms with Gasteiger partial charge in [-0.25, -0.2) is 0 Å². The first-order valence-electron chi connectivity index (χ1n) is 6.13. The van der Waals surface area contributed by atoms with Crippen molar-refractivity contribution in [2.24, 2.45) is 0 Å². The van der Waals surface area contributed by atoms with Gasteiger partial charge in [0.2, 0.25) is 11.9 Å². The van der Waals surface area contributed by atoms with Gasteiger partial charge in [0, 0.05) is 18.0 Å². The van der Waals surface area contributed by atoms with Crippen molar-refractivity contribution in [1.82, 2.24) is 15.0 Å². The molecule has 2 aromatic rings. The van der Waals surface area contributed by atoms with Crippen LogP contribution >= 0.6 is 11.3 Å². The minimum absolute atomic E-state index is 0.262. The van der Waals surface area contributed by atoms with Crippen molar-refractivity contribution in [3.05, 3.63) is 17.0 Å². The lowest BCUT2D eigenvalue weighted by molar-refractivity contribution is 0.122. The number of ether oxygens (including phenoxy) is 1. The predicted molar refractivity (Wildman–Crippen MR) is 75.3 cm³/mol. The number of nitrogens with two attached hydrogens (primary N) is 1. The first-order valence-corrected chi connectivity index (χ1v) is 6.95. The second kappa shape index (κ2) is 5.10. The van der Waals surface area contributed by atoms with E-state index in [1.807, 2.05) is 12.1 Å². The Bertz CT molecular complexity index is 579. The van der Waals surface area contributed by atoms with Crippen LogP contribution in [0, 0.1) is 6.92 Å². The second-order valence-electron chi connectivity index (χ2n) is 4.33. The third kappa shape index (κ3) is 2.66. The average molecular weight is 277 g/mol. The highest BCUT2D eigenvalue weighted by Crippen LogP contribution is 2.26. The Morgan fingerprint density at radius 3 is 2.68 bits per heavy atom. The molecule has 1 saturated heterocycles. The molecule has 1 aliphatic rings. The second-order valence-corrected chi connectivity index (χ2v) is 5.61. The normalized spacial score (nSPS) is 15.7. The number of thiophene rings is 1. The van der Waals surface area contributed by atoms with Crippen molar-refractivity contribution in [1.29, 1.82) is 0 Å². The van der Waals surface area contributed by atoms with Crippen LogP contribution in [0.3, 0.4) is 0 Å². The van der Waals surface area contributed by atoms with Gasteiger partial charge in [-0.15, -0.1) is 11.3 Å². The highest BCUT2D eigenvalue weighted by atomic mass is 32.1. The molecule has 7 heteroatoms. The van der Waals surface area contributed by atoms with Crippen molar-refractivity contribution in [2.75, 3.05) is 36.9 Å². The van der Waals surface area contributed by atoms with Crippen LogP contribution in [0.4, 0.5) is 11.9 Å². The Balaban J connectivity index is 1.95. The third-order valence-corrected chi connectivity index (χ3v) is 3.89. The van der Waals surface area contributed by atoms with Crippen LogP contribution in [0.1, 0.15) is 4.88 Å². The van der Waals surface area contributed by atoms with E-state index in [4.69, 9.17) is 10.5 Å². The van der Waals surface area contributed by atoms with Gasteiger partial charge in [0.05, 0.1) is 18.1 Å². The number of aromatic nitrogens is 3. The maximum absolute atomic E-state index is 5.79. The summed E-state index contributed by atoms with van der Waals surface area (Å²) in [6.07, 6.45) is 0. The van der Waals surface area contributed by atoms with Crippen LogP contribution in [0.15, 0.2) is 12.1 Å². The van der Waals surface area contributed by atoms with Crippen molar-refractivity contribution >= 4 is 23.2 Å². The molecule has 0 amide bonds. The molecule has 0 aromatic carbocycles. The van der Waals surface area contributed by atoms with E-state index in [1.54, 1.807) is 11.3 Å². The van der Waals surface area contributed by atoms with E-state index in [0.717, 1.165) is 18.0 Å². The molecule has 0 atom stereocenters. The average Bonchev–Trinajstić information content (AvgIpc) is 2.86. The minimum atomic E-state index is 0.262. The monoisotopic (exact) mass is 277 g/mol. The van der Waals surface area contributed by atoms with Crippen molar-refractivity contribution in [3.63, 3.8) is 0 Å². The Morgan fingerprint density at radius 2 is 2.00 bits per heavy atom. The van der Waals surface area contributed by atoms with Crippen LogP contribution in [0.2, 0.25) is 0 Å². The molecule has 2 aromatic heterocycles. The molecule has 3 rings (SSSR count). The standard InChI is InChI=1S/C12H15N5OS/c1-8-2-3-9(19-8)10-14-11(13)16-12(15-10)17-4-6-18-7-5-17/h2-3H,4-7H2,1H3,(H2,13,14,15,16). The number of nitrogen functional groups attached to an aromatic ring is 1. The zero-order valence-corrected chi connectivity index (χ0v) is 11.5. The van der Waals surface area contributed by atoms with E-state index in [0.29, 0.717) is 25.0 Å². The summed E-state index contributed by atoms with van der Waals surface area (Å²) >= 11 is 1.65. The van der Waals surface area contributed by atoms with Gasteiger partial charge in [0.25, 0.3) is 0 Å². The van der Waals surface area contributed by atoms with Crippen LogP contribution in [-0.2, 0) is 4.74 Å². The number of anilines is 2. The molecule has 100 valence electrons. The Labute approximate surface area is 115 Å². The third-order valence-electron chi connectivity index (χ3n) is 2.90. The van der Waals surface area contributed by atoms with Crippen molar-refractivity contribution in [2.45, 2.75) is 6.92 Å². The molecular weight excluding hydrogens is 262 g/mol. The molecule has 19 heavy (non-hydrogen) atoms. The van der Waals surface area contributed by atoms with E-state index in [1.165, 1.54) is 4.88 Å². The van der Waals surface area contributed by atoms with Crippen molar-refractivity contribution in [3.8, 4) is 10.7 Å². The quantitative estimate of drug-likeness (QED) is 0.892. The molecule has 0 radical (unpaired) electrons. The van der Waals surface area contributed by atoms with E-state index in [9.17, 15) is 0 Å². The molecule has 1 aliphatic heterocycles. The number of nitrogens with zero attached hydrogens (tertiary/aromatic N) is 4. The summed E-state index contributed by atoms with van der Waals surface area (Å²) in [5.41, 5.74) is 5.79. The SMILES string of the molecule is Cc1ccc(-c2nc(N)nc(N3CCOCC3)n2)s1. The summed E-state index contributed by atoms with van der Waals surface area (Å²) in [6, 6.07) is 4.06. The first kappa shape index (κ1) is 12.3. The van der Waals surface area contributed by atoms with Gasteiger partial charge in [-0.3, -0.25) is 0 Å². The molecule has 0 unspecified atom stereocenters. The molecule has 2 N–H and O–H groups in total. The van der Waals surface area contributed by atoms with Crippen LogP contribution in [0.5, 0.6) is 0 Å². The fourth-order valence-electron chi connectivity index (χ4n) is 1.95. The fraction of sp³-hybridized carbons (Fsp3) is 0.417. The molecular formula is C12H15N5OS. The van der Waals surface area contributed by atoms with E-state index in [-0.39, 0.29) is 5.95 Å². The van der Waals surface area contributed by atoms with Gasteiger partial charge < -0.3 is 15.4 Å². The van der Waals surface area contributed by atoms with Crippen molar-refractivity contribution < 1.29 is 4.74 Å². The summed E-state index contributed by atoms with van der Waals surface area (Å²) in [5.74, 6) is 1.54. The van der Waals surface area contributed by atoms with Gasteiger partial charge in [-0.05, 0) is 19.1 Å². The Morgan fingerprint density at radius 1 is 1.21 bits per heavy atom. The lowest BCUT2D eigenvalue weighted by Crippen LogP contribution is -2.37. The smallest absolute Gasteiger partial charge is 0.230 e. The minimum Gasteiger partial charge on any atom is -0.378 e. The lowest BCUT2D eigenvalue weighted by Gasteiger charge is -2.26. The number of aryl methyl sites for hydroxylation is 1. The van der Waals surface area contributed by atoms with E-state index >= 15 is 0 Å². The summed E-state index contributed by atoms with van der Waals surface area (Å²) in [7, 11) is 0. The zero-order valence-electron chi connectivity index (χ0n) is 10.7. The van der Waals surface area contributed by atoms with Gasteiger partial charge in [-0.2, -0.15) is 15.0 Å². The van der Waals surface area contributed by atoms with Crippen LogP contribution in [0.25, 0.3) is 10.7 Å². The summed E-state index contributed by atoms with van der Waals surface area (Å²) in [4.78, 5) is 17.3. The number of hydrogen-bond donors (Lipinski definition) is 1. The summed E-state index contributed by atoms with van der Waals surface area (Å²) in [5, 5.41) is 0. The zero-order chi connectivity index (χ0) is 13.2. The molecule has 0 aliphatic carbocycles. The molecule has 3 heterocycles. The molecule has 1 fully saturated rings. The van der Waals surface area contributed by atoms with Gasteiger partial charge >= 0.3 is 0 Å². The molecule has 0 saturated carbocycles. The lowest BCUT2D eigenvalue weighted by atomic mass is 10.4. The fourth-order valence-corrected chi connectivity index (χ4v) is 2.75. The van der Waals surface area contributed by atoms with Crippen LogP contribution < -0.4 is 10.6 Å². The summed E-state index contributed by atoms with van der Waals surface area (Å²) < 4.78 is 5.33. The number of morpholine rings is 1. The summed E-state index contributed by atoms with van der Waals surface area (Å²) in [6.45, 7) is 5.01. The highest BCUT2D eigenvalue weighted by Gasteiger charge is 2.16. The number of hydrogen-bond acceptors (Lipinski definition) is 7. The van der Waals surface area contributed by atoms with E-state index < -0.39 is 0 Å². The highest BCUT2D eigenvalue weighted by molar-refractivity contribution is 7.15. The first-order chi connectivity index (χ1) is 9.22. The van der Waals surface area contributed by atoms with Crippen LogP contribution in [-0.4, -0.2) is 41.3 Å². The van der Waals surface area contributed by atoms with Gasteiger partial charge in [-0.1, -0.05) is 0 Å². The topological polar surface area (TPSA) is 77.2 Å². The van der Waals surface area contributed by atoms with Gasteiger partial charge in [0.15, 0.2) is 5.82 Å². The van der Waals surface area contributed by atoms with Gasteiger partial charge in [0.1, 0.15) is 0 Å². The molecule has 0 spiro atoms. The van der Waals surface area contributed by atoms with E-state index in [2.05, 4.69) is 26.8 Å². The predicted octanol–water partition coefficient (Wildman–Crippen LogP) is 1.33.